The zero-order chi connectivity index (χ0) is 16.7. The van der Waals surface area contributed by atoms with E-state index in [-0.39, 0.29) is 10.9 Å². The van der Waals surface area contributed by atoms with E-state index >= 15 is 0 Å². The first-order valence-corrected chi connectivity index (χ1v) is 9.34. The molecule has 2 heterocycles. The molecule has 124 valence electrons. The Kier molecular flexibility index (Phi) is 4.24. The summed E-state index contributed by atoms with van der Waals surface area (Å²) >= 11 is 1.46. The Morgan fingerprint density at radius 2 is 1.96 bits per heavy atom. The molecule has 1 atom stereocenters. The molecule has 1 aromatic carbocycles. The Balaban J connectivity index is 1.98. The zero-order valence-electron chi connectivity index (χ0n) is 12.0. The lowest BCUT2D eigenvalue weighted by Gasteiger charge is -2.23. The highest BCUT2D eigenvalue weighted by Crippen LogP contribution is 2.39. The topological polar surface area (TPSA) is 37.4 Å². The maximum atomic E-state index is 12.8. The van der Waals surface area contributed by atoms with Crippen molar-refractivity contribution < 1.29 is 21.6 Å². The molecular formula is C15H14F3NO2S2. The van der Waals surface area contributed by atoms with Crippen molar-refractivity contribution in [2.45, 2.75) is 30.0 Å². The number of halogens is 3. The summed E-state index contributed by atoms with van der Waals surface area (Å²) in [6.45, 7) is 0.321. The minimum absolute atomic E-state index is 0.297. The highest BCUT2D eigenvalue weighted by Gasteiger charge is 2.38. The molecule has 0 N–H and O–H groups in total. The summed E-state index contributed by atoms with van der Waals surface area (Å²) in [4.78, 5) is 0.605. The highest BCUT2D eigenvalue weighted by atomic mass is 32.2. The maximum Gasteiger partial charge on any atom is 0.416 e. The molecule has 0 radical (unpaired) electrons. The van der Waals surface area contributed by atoms with Crippen LogP contribution in [0, 0.1) is 0 Å². The summed E-state index contributed by atoms with van der Waals surface area (Å²) in [7, 11) is -3.96. The van der Waals surface area contributed by atoms with Crippen LogP contribution in [0.5, 0.6) is 0 Å². The van der Waals surface area contributed by atoms with Gasteiger partial charge in [-0.25, -0.2) is 8.42 Å². The largest absolute Gasteiger partial charge is 0.416 e. The smallest absolute Gasteiger partial charge is 0.207 e. The lowest BCUT2D eigenvalue weighted by Crippen LogP contribution is -2.30. The number of alkyl halides is 3. The van der Waals surface area contributed by atoms with Gasteiger partial charge in [-0.05, 0) is 42.5 Å². The van der Waals surface area contributed by atoms with Crippen molar-refractivity contribution in [3.63, 3.8) is 0 Å². The fraction of sp³-hybridized carbons (Fsp3) is 0.333. The molecule has 3 rings (SSSR count). The summed E-state index contributed by atoms with van der Waals surface area (Å²) in [5.74, 6) is 0. The molecule has 0 amide bonds. The summed E-state index contributed by atoms with van der Waals surface area (Å²) < 4.78 is 65.4. The Hall–Kier alpha value is -1.38. The van der Waals surface area contributed by atoms with Crippen LogP contribution in [0.1, 0.15) is 29.3 Å². The third kappa shape index (κ3) is 3.15. The van der Waals surface area contributed by atoms with Gasteiger partial charge in [-0.1, -0.05) is 12.1 Å². The van der Waals surface area contributed by atoms with Crippen LogP contribution in [0.15, 0.2) is 46.7 Å². The second kappa shape index (κ2) is 5.92. The van der Waals surface area contributed by atoms with Crippen LogP contribution in [-0.2, 0) is 16.2 Å². The third-order valence-electron chi connectivity index (χ3n) is 3.84. The fourth-order valence-electron chi connectivity index (χ4n) is 2.76. The van der Waals surface area contributed by atoms with Crippen LogP contribution < -0.4 is 0 Å². The van der Waals surface area contributed by atoms with E-state index in [1.54, 1.807) is 0 Å². The molecule has 1 aliphatic rings. The quantitative estimate of drug-likeness (QED) is 0.818. The standard InChI is InChI=1S/C15H14F3NO2S2/c16-15(17,18)11-4-1-5-12(10-11)23(20,21)19-8-2-6-13(19)14-7-3-9-22-14/h1,3-5,7,9-10,13H,2,6,8H2/t13-/m1/s1. The molecule has 2 aromatic rings. The number of hydrogen-bond donors (Lipinski definition) is 0. The summed E-state index contributed by atoms with van der Waals surface area (Å²) in [5, 5.41) is 1.86. The first-order valence-electron chi connectivity index (χ1n) is 7.02. The van der Waals surface area contributed by atoms with Crippen LogP contribution in [0.25, 0.3) is 0 Å². The molecule has 1 aliphatic heterocycles. The molecule has 1 aromatic heterocycles. The number of rotatable bonds is 3. The number of nitrogens with zero attached hydrogens (tertiary/aromatic N) is 1. The van der Waals surface area contributed by atoms with E-state index in [0.717, 1.165) is 17.0 Å². The van der Waals surface area contributed by atoms with Gasteiger partial charge < -0.3 is 0 Å². The third-order valence-corrected chi connectivity index (χ3v) is 6.72. The molecule has 0 saturated carbocycles. The van der Waals surface area contributed by atoms with E-state index in [9.17, 15) is 21.6 Å². The predicted molar refractivity (Wildman–Crippen MR) is 81.6 cm³/mol. The van der Waals surface area contributed by atoms with Crippen molar-refractivity contribution in [2.75, 3.05) is 6.54 Å². The number of benzene rings is 1. The maximum absolute atomic E-state index is 12.8. The molecule has 0 spiro atoms. The van der Waals surface area contributed by atoms with E-state index in [0.29, 0.717) is 25.5 Å². The highest BCUT2D eigenvalue weighted by molar-refractivity contribution is 7.89. The molecule has 8 heteroatoms. The van der Waals surface area contributed by atoms with Crippen LogP contribution >= 0.6 is 11.3 Å². The summed E-state index contributed by atoms with van der Waals surface area (Å²) in [6.07, 6.45) is -3.19. The second-order valence-corrected chi connectivity index (χ2v) is 8.18. The minimum atomic E-state index is -4.57. The van der Waals surface area contributed by atoms with Gasteiger partial charge in [0.1, 0.15) is 0 Å². The van der Waals surface area contributed by atoms with Crippen LogP contribution in [0.3, 0.4) is 0 Å². The van der Waals surface area contributed by atoms with Crippen molar-refractivity contribution in [1.29, 1.82) is 0 Å². The molecule has 0 aliphatic carbocycles. The van der Waals surface area contributed by atoms with Gasteiger partial charge in [-0.3, -0.25) is 0 Å². The fourth-order valence-corrected chi connectivity index (χ4v) is 5.42. The Morgan fingerprint density at radius 3 is 2.61 bits per heavy atom. The van der Waals surface area contributed by atoms with Crippen molar-refractivity contribution >= 4 is 21.4 Å². The molecule has 0 bridgehead atoms. The lowest BCUT2D eigenvalue weighted by atomic mass is 10.2. The van der Waals surface area contributed by atoms with E-state index < -0.39 is 21.8 Å². The molecule has 23 heavy (non-hydrogen) atoms. The van der Waals surface area contributed by atoms with Crippen molar-refractivity contribution in [3.8, 4) is 0 Å². The van der Waals surface area contributed by atoms with Crippen LogP contribution in [-0.4, -0.2) is 19.3 Å². The van der Waals surface area contributed by atoms with Gasteiger partial charge in [0.15, 0.2) is 0 Å². The summed E-state index contributed by atoms with van der Waals surface area (Å²) in [6, 6.07) is 7.33. The average Bonchev–Trinajstić information content (AvgIpc) is 3.17. The first-order chi connectivity index (χ1) is 10.8. The SMILES string of the molecule is O=S(=O)(c1cccc(C(F)(F)F)c1)N1CCC[C@@H]1c1cccs1. The average molecular weight is 361 g/mol. The van der Waals surface area contributed by atoms with E-state index in [1.807, 2.05) is 17.5 Å². The van der Waals surface area contributed by atoms with Crippen molar-refractivity contribution in [2.24, 2.45) is 0 Å². The molecule has 0 unspecified atom stereocenters. The summed E-state index contributed by atoms with van der Waals surface area (Å²) in [5.41, 5.74) is -0.953. The zero-order valence-corrected chi connectivity index (χ0v) is 13.6. The number of hydrogen-bond acceptors (Lipinski definition) is 3. The molecule has 1 saturated heterocycles. The van der Waals surface area contributed by atoms with Gasteiger partial charge in [0, 0.05) is 11.4 Å². The van der Waals surface area contributed by atoms with Gasteiger partial charge in [0.25, 0.3) is 0 Å². The van der Waals surface area contributed by atoms with Gasteiger partial charge >= 0.3 is 6.18 Å². The van der Waals surface area contributed by atoms with E-state index in [4.69, 9.17) is 0 Å². The molecule has 3 nitrogen and oxygen atoms in total. The lowest BCUT2D eigenvalue weighted by molar-refractivity contribution is -0.137. The number of thiophene rings is 1. The van der Waals surface area contributed by atoms with Crippen LogP contribution in [0.2, 0.25) is 0 Å². The predicted octanol–water partition coefficient (Wildman–Crippen LogP) is 4.29. The minimum Gasteiger partial charge on any atom is -0.207 e. The van der Waals surface area contributed by atoms with Gasteiger partial charge in [-0.15, -0.1) is 11.3 Å². The van der Waals surface area contributed by atoms with Crippen LogP contribution in [0.4, 0.5) is 13.2 Å². The Morgan fingerprint density at radius 1 is 1.17 bits per heavy atom. The van der Waals surface area contributed by atoms with Gasteiger partial charge in [0.2, 0.25) is 10.0 Å². The second-order valence-electron chi connectivity index (χ2n) is 5.31. The Labute approximate surface area is 136 Å². The van der Waals surface area contributed by atoms with Crippen molar-refractivity contribution in [1.82, 2.24) is 4.31 Å². The molecule has 1 fully saturated rings. The first kappa shape index (κ1) is 16.5. The van der Waals surface area contributed by atoms with Gasteiger partial charge in [-0.2, -0.15) is 17.5 Å². The van der Waals surface area contributed by atoms with Crippen molar-refractivity contribution in [3.05, 3.63) is 52.2 Å². The molecular weight excluding hydrogens is 347 g/mol. The van der Waals surface area contributed by atoms with E-state index in [2.05, 4.69) is 0 Å². The number of sulfonamides is 1. The van der Waals surface area contributed by atoms with Gasteiger partial charge in [0.05, 0.1) is 16.5 Å². The van der Waals surface area contributed by atoms with E-state index in [1.165, 1.54) is 21.7 Å². The monoisotopic (exact) mass is 361 g/mol. The normalized spacial score (nSPS) is 20.0. The Bertz CT molecular complexity index is 785.